The third kappa shape index (κ3) is 3.78. The number of hydrogen-bond donors (Lipinski definition) is 1. The highest BCUT2D eigenvalue weighted by atomic mass is 79.9. The largest absolute Gasteiger partial charge is 0.398 e. The van der Waals surface area contributed by atoms with Gasteiger partial charge in [-0.05, 0) is 36.9 Å². The smallest absolute Gasteiger partial charge is 0.123 e. The van der Waals surface area contributed by atoms with E-state index < -0.39 is 0 Å². The first-order valence-electron chi connectivity index (χ1n) is 6.02. The Morgan fingerprint density at radius 3 is 2.58 bits per heavy atom. The number of nitrogens with zero attached hydrogens (tertiary/aromatic N) is 1. The fraction of sp³-hybridized carbons (Fsp3) is 0.200. The van der Waals surface area contributed by atoms with Crippen molar-refractivity contribution < 1.29 is 4.39 Å². The molecule has 0 spiro atoms. The minimum absolute atomic E-state index is 0.202. The van der Waals surface area contributed by atoms with E-state index >= 15 is 0 Å². The summed E-state index contributed by atoms with van der Waals surface area (Å²) in [6.45, 7) is 1.39. The maximum absolute atomic E-state index is 13.1. The van der Waals surface area contributed by atoms with Crippen LogP contribution in [0.3, 0.4) is 0 Å². The van der Waals surface area contributed by atoms with Gasteiger partial charge in [0.25, 0.3) is 0 Å². The average molecular weight is 323 g/mol. The summed E-state index contributed by atoms with van der Waals surface area (Å²) in [4.78, 5) is 2.10. The summed E-state index contributed by atoms with van der Waals surface area (Å²) >= 11 is 3.51. The minimum atomic E-state index is -0.202. The van der Waals surface area contributed by atoms with Crippen LogP contribution in [-0.2, 0) is 13.1 Å². The summed E-state index contributed by atoms with van der Waals surface area (Å²) < 4.78 is 14.1. The Hall–Kier alpha value is -1.39. The Morgan fingerprint density at radius 1 is 1.16 bits per heavy atom. The van der Waals surface area contributed by atoms with Crippen molar-refractivity contribution in [1.29, 1.82) is 0 Å². The molecule has 0 fully saturated rings. The lowest BCUT2D eigenvalue weighted by molar-refractivity contribution is 0.318. The van der Waals surface area contributed by atoms with E-state index in [1.165, 1.54) is 6.07 Å². The zero-order valence-electron chi connectivity index (χ0n) is 10.7. The van der Waals surface area contributed by atoms with E-state index in [1.54, 1.807) is 12.1 Å². The summed E-state index contributed by atoms with van der Waals surface area (Å²) in [5.74, 6) is -0.202. The molecule has 0 heterocycles. The maximum Gasteiger partial charge on any atom is 0.123 e. The van der Waals surface area contributed by atoms with E-state index in [1.807, 2.05) is 31.3 Å². The van der Waals surface area contributed by atoms with E-state index in [4.69, 9.17) is 5.73 Å². The molecule has 0 saturated carbocycles. The first-order chi connectivity index (χ1) is 9.06. The maximum atomic E-state index is 13.1. The topological polar surface area (TPSA) is 29.3 Å². The van der Waals surface area contributed by atoms with Crippen LogP contribution in [0.25, 0.3) is 0 Å². The van der Waals surface area contributed by atoms with Gasteiger partial charge in [0.05, 0.1) is 0 Å². The van der Waals surface area contributed by atoms with Gasteiger partial charge in [-0.1, -0.05) is 34.1 Å². The monoisotopic (exact) mass is 322 g/mol. The molecule has 0 atom stereocenters. The first kappa shape index (κ1) is 14.0. The van der Waals surface area contributed by atoms with Gasteiger partial charge in [-0.15, -0.1) is 0 Å². The fourth-order valence-corrected chi connectivity index (χ4v) is 2.52. The summed E-state index contributed by atoms with van der Waals surface area (Å²) in [6, 6.07) is 12.4. The van der Waals surface area contributed by atoms with Gasteiger partial charge in [0.2, 0.25) is 0 Å². The molecule has 100 valence electrons. The van der Waals surface area contributed by atoms with Crippen LogP contribution in [-0.4, -0.2) is 11.9 Å². The number of benzene rings is 2. The van der Waals surface area contributed by atoms with Gasteiger partial charge in [-0.3, -0.25) is 4.90 Å². The number of anilines is 1. The Morgan fingerprint density at radius 2 is 1.89 bits per heavy atom. The van der Waals surface area contributed by atoms with E-state index in [2.05, 4.69) is 20.8 Å². The van der Waals surface area contributed by atoms with Gasteiger partial charge >= 0.3 is 0 Å². The van der Waals surface area contributed by atoms with Crippen molar-refractivity contribution in [3.05, 3.63) is 63.9 Å². The summed E-state index contributed by atoms with van der Waals surface area (Å²) in [7, 11) is 1.99. The van der Waals surface area contributed by atoms with Crippen molar-refractivity contribution in [3.63, 3.8) is 0 Å². The van der Waals surface area contributed by atoms with Gasteiger partial charge in [-0.25, -0.2) is 4.39 Å². The first-order valence-corrected chi connectivity index (χ1v) is 6.81. The van der Waals surface area contributed by atoms with Crippen LogP contribution in [0, 0.1) is 5.82 Å². The second-order valence-electron chi connectivity index (χ2n) is 4.61. The Balaban J connectivity index is 2.07. The lowest BCUT2D eigenvalue weighted by atomic mass is 10.1. The third-order valence-corrected chi connectivity index (χ3v) is 3.67. The molecule has 0 amide bonds. The van der Waals surface area contributed by atoms with Crippen LogP contribution in [0.5, 0.6) is 0 Å². The summed E-state index contributed by atoms with van der Waals surface area (Å²) in [5, 5.41) is 0. The lowest BCUT2D eigenvalue weighted by Crippen LogP contribution is -2.18. The predicted octanol–water partition coefficient (Wildman–Crippen LogP) is 3.80. The molecule has 2 rings (SSSR count). The second kappa shape index (κ2) is 6.17. The standard InChI is InChI=1S/C15H16BrFN2/c1-19(9-11-4-2-5-12(17)8-11)10-13-14(16)6-3-7-15(13)18/h2-8H,9-10,18H2,1H3. The van der Waals surface area contributed by atoms with Crippen molar-refractivity contribution in [2.45, 2.75) is 13.1 Å². The van der Waals surface area contributed by atoms with Gasteiger partial charge in [0.1, 0.15) is 5.82 Å². The molecule has 0 saturated heterocycles. The lowest BCUT2D eigenvalue weighted by Gasteiger charge is -2.19. The summed E-state index contributed by atoms with van der Waals surface area (Å²) in [6.07, 6.45) is 0. The number of nitrogens with two attached hydrogens (primary N) is 1. The number of halogens is 2. The second-order valence-corrected chi connectivity index (χ2v) is 5.46. The average Bonchev–Trinajstić information content (AvgIpc) is 2.34. The van der Waals surface area contributed by atoms with Crippen LogP contribution in [0.1, 0.15) is 11.1 Å². The van der Waals surface area contributed by atoms with Gasteiger partial charge in [-0.2, -0.15) is 0 Å². The van der Waals surface area contributed by atoms with Crippen LogP contribution >= 0.6 is 15.9 Å². The fourth-order valence-electron chi connectivity index (χ4n) is 2.01. The number of nitrogen functional groups attached to an aromatic ring is 1. The normalized spacial score (nSPS) is 10.9. The van der Waals surface area contributed by atoms with Crippen molar-refractivity contribution in [1.82, 2.24) is 4.90 Å². The highest BCUT2D eigenvalue weighted by Crippen LogP contribution is 2.24. The van der Waals surface area contributed by atoms with E-state index in [0.29, 0.717) is 13.1 Å². The van der Waals surface area contributed by atoms with Crippen molar-refractivity contribution in [3.8, 4) is 0 Å². The zero-order valence-corrected chi connectivity index (χ0v) is 12.3. The molecule has 0 unspecified atom stereocenters. The Bertz CT molecular complexity index is 552. The van der Waals surface area contributed by atoms with Crippen LogP contribution in [0.4, 0.5) is 10.1 Å². The highest BCUT2D eigenvalue weighted by Gasteiger charge is 2.08. The third-order valence-electron chi connectivity index (χ3n) is 2.92. The molecular weight excluding hydrogens is 307 g/mol. The van der Waals surface area contributed by atoms with Crippen molar-refractivity contribution in [2.75, 3.05) is 12.8 Å². The molecule has 0 bridgehead atoms. The predicted molar refractivity (Wildman–Crippen MR) is 80.1 cm³/mol. The van der Waals surface area contributed by atoms with E-state index in [-0.39, 0.29) is 5.82 Å². The molecule has 0 aromatic heterocycles. The zero-order chi connectivity index (χ0) is 13.8. The van der Waals surface area contributed by atoms with Gasteiger partial charge in [0, 0.05) is 28.8 Å². The molecule has 0 radical (unpaired) electrons. The van der Waals surface area contributed by atoms with E-state index in [9.17, 15) is 4.39 Å². The Kier molecular flexibility index (Phi) is 4.56. The molecule has 0 aliphatic carbocycles. The quantitative estimate of drug-likeness (QED) is 0.867. The molecule has 19 heavy (non-hydrogen) atoms. The van der Waals surface area contributed by atoms with Crippen molar-refractivity contribution >= 4 is 21.6 Å². The van der Waals surface area contributed by atoms with Crippen molar-refractivity contribution in [2.24, 2.45) is 0 Å². The molecule has 4 heteroatoms. The molecule has 2 aromatic carbocycles. The van der Waals surface area contributed by atoms with Gasteiger partial charge in [0.15, 0.2) is 0 Å². The number of rotatable bonds is 4. The summed E-state index contributed by atoms with van der Waals surface area (Å²) in [5.41, 5.74) is 8.74. The molecule has 0 aliphatic rings. The molecule has 2 aromatic rings. The van der Waals surface area contributed by atoms with Crippen LogP contribution in [0.2, 0.25) is 0 Å². The van der Waals surface area contributed by atoms with Crippen LogP contribution < -0.4 is 5.73 Å². The molecular formula is C15H16BrFN2. The van der Waals surface area contributed by atoms with Crippen LogP contribution in [0.15, 0.2) is 46.9 Å². The Labute approximate surface area is 121 Å². The molecule has 0 aliphatic heterocycles. The van der Waals surface area contributed by atoms with E-state index in [0.717, 1.165) is 21.3 Å². The molecule has 2 N–H and O–H groups in total. The highest BCUT2D eigenvalue weighted by molar-refractivity contribution is 9.10. The number of hydrogen-bond acceptors (Lipinski definition) is 2. The van der Waals surface area contributed by atoms with Gasteiger partial charge < -0.3 is 5.73 Å². The SMILES string of the molecule is CN(Cc1cccc(F)c1)Cc1c(N)cccc1Br. The molecule has 2 nitrogen and oxygen atoms in total. The minimum Gasteiger partial charge on any atom is -0.398 e.